The molecule has 134 valence electrons. The second-order valence-electron chi connectivity index (χ2n) is 4.65. The molecule has 0 aromatic carbocycles. The Hall–Kier alpha value is -0.840. The van der Waals surface area contributed by atoms with Gasteiger partial charge in [-0.2, -0.15) is 39.5 Å². The van der Waals surface area contributed by atoms with E-state index in [0.717, 1.165) is 0 Å². The molecule has 0 aromatic rings. The first kappa shape index (κ1) is 21.2. The molecule has 0 aliphatic rings. The second kappa shape index (κ2) is 5.99. The second-order valence-corrected chi connectivity index (χ2v) is 4.65. The van der Waals surface area contributed by atoms with Gasteiger partial charge < -0.3 is 0 Å². The molecule has 0 fully saturated rings. The molecule has 1 atom stereocenters. The summed E-state index contributed by atoms with van der Waals surface area (Å²) >= 11 is 0. The Morgan fingerprint density at radius 3 is 1.23 bits per heavy atom. The van der Waals surface area contributed by atoms with Crippen LogP contribution in [-0.4, -0.2) is 30.1 Å². The van der Waals surface area contributed by atoms with Crippen molar-refractivity contribution in [1.29, 1.82) is 0 Å². The lowest BCUT2D eigenvalue weighted by Crippen LogP contribution is -2.55. The van der Waals surface area contributed by atoms with Crippen molar-refractivity contribution in [2.24, 2.45) is 5.92 Å². The Bertz CT molecular complexity index is 346. The Labute approximate surface area is 116 Å². The summed E-state index contributed by atoms with van der Waals surface area (Å²) in [5, 5.41) is 0. The van der Waals surface area contributed by atoms with E-state index in [0.29, 0.717) is 6.92 Å². The quantitative estimate of drug-likeness (QED) is 0.543. The molecule has 0 N–H and O–H groups in total. The van der Waals surface area contributed by atoms with E-state index in [4.69, 9.17) is 0 Å². The Morgan fingerprint density at radius 2 is 1.00 bits per heavy atom. The average molecular weight is 358 g/mol. The fraction of sp³-hybridized carbons (Fsp3) is 1.00. The van der Waals surface area contributed by atoms with Crippen LogP contribution >= 0.6 is 0 Å². The van der Waals surface area contributed by atoms with Crippen molar-refractivity contribution in [1.82, 2.24) is 0 Å². The molecule has 0 amide bonds. The van der Waals surface area contributed by atoms with Crippen molar-refractivity contribution in [3.63, 3.8) is 0 Å². The van der Waals surface area contributed by atoms with E-state index in [9.17, 15) is 52.7 Å². The van der Waals surface area contributed by atoms with Gasteiger partial charge >= 0.3 is 18.5 Å². The number of hydrogen-bond acceptors (Lipinski definition) is 0. The van der Waals surface area contributed by atoms with Crippen LogP contribution in [0.1, 0.15) is 26.2 Å². The van der Waals surface area contributed by atoms with Gasteiger partial charge in [0.2, 0.25) is 5.92 Å². The molecule has 0 rings (SSSR count). The summed E-state index contributed by atoms with van der Waals surface area (Å²) in [5.74, 6) is -7.99. The van der Waals surface area contributed by atoms with Crippen LogP contribution in [0.2, 0.25) is 0 Å². The molecule has 1 unspecified atom stereocenters. The predicted molar refractivity (Wildman–Crippen MR) is 50.0 cm³/mol. The molecule has 0 saturated heterocycles. The molecular formula is C10H10F12. The highest BCUT2D eigenvalue weighted by atomic mass is 19.4. The topological polar surface area (TPSA) is 0 Å². The molecule has 0 radical (unpaired) electrons. The number of halogens is 12. The van der Waals surface area contributed by atoms with Crippen LogP contribution in [0.3, 0.4) is 0 Å². The summed E-state index contributed by atoms with van der Waals surface area (Å²) in [7, 11) is 0. The maximum absolute atomic E-state index is 13.3. The van der Waals surface area contributed by atoms with E-state index < -0.39 is 55.3 Å². The number of hydrogen-bond donors (Lipinski definition) is 0. The van der Waals surface area contributed by atoms with Gasteiger partial charge in [0.05, 0.1) is 5.92 Å². The summed E-state index contributed by atoms with van der Waals surface area (Å²) in [5.41, 5.74) is -6.23. The third-order valence-electron chi connectivity index (χ3n) is 2.95. The first-order valence-corrected chi connectivity index (χ1v) is 5.64. The van der Waals surface area contributed by atoms with Gasteiger partial charge in [0.25, 0.3) is 5.67 Å². The molecule has 0 bridgehead atoms. The van der Waals surface area contributed by atoms with Crippen molar-refractivity contribution < 1.29 is 52.7 Å². The smallest absolute Gasteiger partial charge is 0.224 e. The number of alkyl halides is 12. The van der Waals surface area contributed by atoms with Crippen molar-refractivity contribution in [3.8, 4) is 0 Å². The molecule has 0 aliphatic carbocycles. The Kier molecular flexibility index (Phi) is 5.76. The van der Waals surface area contributed by atoms with Gasteiger partial charge in [0, 0.05) is 19.3 Å². The highest BCUT2D eigenvalue weighted by Gasteiger charge is 2.74. The Balaban J connectivity index is 5.71. The summed E-state index contributed by atoms with van der Waals surface area (Å²) in [6.07, 6.45) is -26.1. The lowest BCUT2D eigenvalue weighted by Gasteiger charge is -2.34. The van der Waals surface area contributed by atoms with Crippen LogP contribution < -0.4 is 0 Å². The van der Waals surface area contributed by atoms with Crippen LogP contribution in [0.4, 0.5) is 52.7 Å². The highest BCUT2D eigenvalue weighted by molar-refractivity contribution is 4.98. The van der Waals surface area contributed by atoms with E-state index >= 15 is 0 Å². The normalized spacial score (nSPS) is 16.8. The van der Waals surface area contributed by atoms with Crippen LogP contribution in [0.15, 0.2) is 0 Å². The molecule has 0 heterocycles. The first-order chi connectivity index (χ1) is 9.37. The third kappa shape index (κ3) is 4.83. The van der Waals surface area contributed by atoms with E-state index in [1.54, 1.807) is 0 Å². The molecule has 0 saturated carbocycles. The minimum atomic E-state index is -6.73. The summed E-state index contributed by atoms with van der Waals surface area (Å²) in [6.45, 7) is 0.684. The largest absolute Gasteiger partial charge is 0.431 e. The van der Waals surface area contributed by atoms with E-state index in [1.165, 1.54) is 0 Å². The lowest BCUT2D eigenvalue weighted by atomic mass is 9.86. The first-order valence-electron chi connectivity index (χ1n) is 5.64. The molecule has 0 spiro atoms. The fourth-order valence-corrected chi connectivity index (χ4v) is 1.54. The maximum Gasteiger partial charge on any atom is 0.431 e. The minimum absolute atomic E-state index is 0.684. The van der Waals surface area contributed by atoms with Gasteiger partial charge in [-0.15, -0.1) is 0 Å². The van der Waals surface area contributed by atoms with Crippen LogP contribution in [-0.2, 0) is 0 Å². The molecule has 22 heavy (non-hydrogen) atoms. The van der Waals surface area contributed by atoms with E-state index in [-0.39, 0.29) is 0 Å². The third-order valence-corrected chi connectivity index (χ3v) is 2.95. The summed E-state index contributed by atoms with van der Waals surface area (Å²) < 4.78 is 150. The van der Waals surface area contributed by atoms with Crippen LogP contribution in [0.5, 0.6) is 0 Å². The molecular weight excluding hydrogens is 348 g/mol. The predicted octanol–water partition coefficient (Wildman–Crippen LogP) is 5.82. The molecule has 0 nitrogen and oxygen atoms in total. The lowest BCUT2D eigenvalue weighted by molar-refractivity contribution is -0.353. The standard InChI is InChI=1S/C10H10F12/c1-2-6(11,12)3-5(8(14,15)16)4-7(13,9(17,18)19)10(20,21)22/h5H,2-4H2,1H3. The van der Waals surface area contributed by atoms with E-state index in [1.807, 2.05) is 0 Å². The van der Waals surface area contributed by atoms with Gasteiger partial charge in [-0.25, -0.2) is 13.2 Å². The van der Waals surface area contributed by atoms with Gasteiger partial charge in [0.15, 0.2) is 0 Å². The van der Waals surface area contributed by atoms with Gasteiger partial charge in [-0.3, -0.25) is 0 Å². The summed E-state index contributed by atoms with van der Waals surface area (Å²) in [6, 6.07) is 0. The molecule has 0 aliphatic heterocycles. The van der Waals surface area contributed by atoms with E-state index in [2.05, 4.69) is 0 Å². The zero-order valence-corrected chi connectivity index (χ0v) is 10.7. The van der Waals surface area contributed by atoms with Gasteiger partial charge in [0.1, 0.15) is 0 Å². The van der Waals surface area contributed by atoms with Crippen LogP contribution in [0.25, 0.3) is 0 Å². The van der Waals surface area contributed by atoms with Crippen molar-refractivity contribution in [2.45, 2.75) is 56.3 Å². The van der Waals surface area contributed by atoms with Crippen LogP contribution in [0, 0.1) is 5.92 Å². The summed E-state index contributed by atoms with van der Waals surface area (Å²) in [4.78, 5) is 0. The number of rotatable bonds is 5. The molecule has 0 aromatic heterocycles. The zero-order chi connectivity index (χ0) is 18.2. The van der Waals surface area contributed by atoms with Crippen molar-refractivity contribution in [3.05, 3.63) is 0 Å². The minimum Gasteiger partial charge on any atom is -0.224 e. The SMILES string of the molecule is CCC(F)(F)CC(CC(F)(C(F)(F)F)C(F)(F)F)C(F)(F)F. The van der Waals surface area contributed by atoms with Gasteiger partial charge in [-0.1, -0.05) is 6.92 Å². The maximum atomic E-state index is 13.3. The van der Waals surface area contributed by atoms with Crippen molar-refractivity contribution in [2.75, 3.05) is 0 Å². The Morgan fingerprint density at radius 1 is 0.636 bits per heavy atom. The highest BCUT2D eigenvalue weighted by Crippen LogP contribution is 2.53. The monoisotopic (exact) mass is 358 g/mol. The average Bonchev–Trinajstić information content (AvgIpc) is 2.23. The zero-order valence-electron chi connectivity index (χ0n) is 10.7. The molecule has 12 heteroatoms. The van der Waals surface area contributed by atoms with Gasteiger partial charge in [-0.05, 0) is 0 Å². The fourth-order valence-electron chi connectivity index (χ4n) is 1.54. The van der Waals surface area contributed by atoms with Crippen molar-refractivity contribution >= 4 is 0 Å².